The van der Waals surface area contributed by atoms with E-state index in [2.05, 4.69) is 41.5 Å². The summed E-state index contributed by atoms with van der Waals surface area (Å²) in [6.45, 7) is 2.62. The Morgan fingerprint density at radius 1 is 1.11 bits per heavy atom. The Morgan fingerprint density at radius 2 is 1.89 bits per heavy atom. The minimum atomic E-state index is 0.832. The smallest absolute Gasteiger partial charge is 0.122 e. The van der Waals surface area contributed by atoms with Crippen LogP contribution in [0.4, 0.5) is 0 Å². The van der Waals surface area contributed by atoms with Crippen molar-refractivity contribution in [3.63, 3.8) is 0 Å². The Labute approximate surface area is 108 Å². The van der Waals surface area contributed by atoms with Crippen LogP contribution in [0.5, 0.6) is 0 Å². The van der Waals surface area contributed by atoms with Gasteiger partial charge in [0.2, 0.25) is 0 Å². The number of hydrogen-bond donors (Lipinski definition) is 1. The van der Waals surface area contributed by atoms with Crippen LogP contribution in [0.25, 0.3) is 0 Å². The van der Waals surface area contributed by atoms with Gasteiger partial charge in [-0.1, -0.05) is 30.3 Å². The minimum absolute atomic E-state index is 0.832. The molecule has 0 aliphatic rings. The summed E-state index contributed by atoms with van der Waals surface area (Å²) in [7, 11) is 4.06. The van der Waals surface area contributed by atoms with E-state index in [1.54, 1.807) is 6.26 Å². The molecule has 1 aromatic heterocycles. The van der Waals surface area contributed by atoms with Crippen molar-refractivity contribution in [2.75, 3.05) is 14.1 Å². The second-order valence-electron chi connectivity index (χ2n) is 4.56. The van der Waals surface area contributed by atoms with Gasteiger partial charge < -0.3 is 9.73 Å². The van der Waals surface area contributed by atoms with Crippen molar-refractivity contribution in [3.05, 3.63) is 59.5 Å². The van der Waals surface area contributed by atoms with Crippen molar-refractivity contribution in [2.24, 2.45) is 0 Å². The molecule has 0 bridgehead atoms. The molecule has 96 valence electrons. The zero-order valence-electron chi connectivity index (χ0n) is 11.0. The molecule has 3 nitrogen and oxygen atoms in total. The molecule has 2 rings (SSSR count). The van der Waals surface area contributed by atoms with Crippen LogP contribution in [0.3, 0.4) is 0 Å². The van der Waals surface area contributed by atoms with Gasteiger partial charge in [-0.05, 0) is 25.7 Å². The fourth-order valence-corrected chi connectivity index (χ4v) is 2.05. The Kier molecular flexibility index (Phi) is 4.56. The molecular weight excluding hydrogens is 224 g/mol. The molecule has 0 fully saturated rings. The zero-order valence-corrected chi connectivity index (χ0v) is 11.0. The lowest BCUT2D eigenvalue weighted by molar-refractivity contribution is 0.286. The molecule has 2 aromatic rings. The summed E-state index contributed by atoms with van der Waals surface area (Å²) in [5.74, 6) is 1.04. The van der Waals surface area contributed by atoms with Gasteiger partial charge in [0, 0.05) is 18.7 Å². The fourth-order valence-electron chi connectivity index (χ4n) is 2.05. The lowest BCUT2D eigenvalue weighted by atomic mass is 10.2. The van der Waals surface area contributed by atoms with Crippen LogP contribution in [0.2, 0.25) is 0 Å². The monoisotopic (exact) mass is 244 g/mol. The highest BCUT2D eigenvalue weighted by molar-refractivity contribution is 5.18. The second kappa shape index (κ2) is 6.38. The molecule has 1 heterocycles. The average molecular weight is 244 g/mol. The van der Waals surface area contributed by atoms with Crippen LogP contribution >= 0.6 is 0 Å². The number of nitrogens with one attached hydrogen (secondary N) is 1. The summed E-state index contributed by atoms with van der Waals surface area (Å²) in [4.78, 5) is 2.26. The quantitative estimate of drug-likeness (QED) is 0.846. The van der Waals surface area contributed by atoms with E-state index in [0.717, 1.165) is 25.4 Å². The van der Waals surface area contributed by atoms with E-state index < -0.39 is 0 Å². The molecule has 3 heteroatoms. The molecule has 0 unspecified atom stereocenters. The van der Waals surface area contributed by atoms with Crippen molar-refractivity contribution >= 4 is 0 Å². The van der Waals surface area contributed by atoms with E-state index in [1.165, 1.54) is 11.1 Å². The summed E-state index contributed by atoms with van der Waals surface area (Å²) in [5, 5.41) is 3.15. The highest BCUT2D eigenvalue weighted by Gasteiger charge is 2.08. The van der Waals surface area contributed by atoms with Crippen molar-refractivity contribution < 1.29 is 4.42 Å². The van der Waals surface area contributed by atoms with Crippen LogP contribution in [-0.4, -0.2) is 19.0 Å². The number of furan rings is 1. The van der Waals surface area contributed by atoms with Gasteiger partial charge in [0.25, 0.3) is 0 Å². The predicted molar refractivity (Wildman–Crippen MR) is 73.1 cm³/mol. The topological polar surface area (TPSA) is 28.4 Å². The maximum absolute atomic E-state index is 5.54. The number of nitrogens with zero attached hydrogens (tertiary/aromatic N) is 1. The second-order valence-corrected chi connectivity index (χ2v) is 4.56. The molecule has 0 amide bonds. The van der Waals surface area contributed by atoms with Gasteiger partial charge >= 0.3 is 0 Å². The maximum Gasteiger partial charge on any atom is 0.122 e. The Morgan fingerprint density at radius 3 is 2.61 bits per heavy atom. The van der Waals surface area contributed by atoms with Gasteiger partial charge in [-0.25, -0.2) is 0 Å². The molecule has 0 radical (unpaired) electrons. The van der Waals surface area contributed by atoms with Gasteiger partial charge in [0.05, 0.1) is 12.8 Å². The highest BCUT2D eigenvalue weighted by atomic mass is 16.3. The summed E-state index contributed by atoms with van der Waals surface area (Å²) in [6, 6.07) is 12.5. The van der Waals surface area contributed by atoms with Crippen LogP contribution in [-0.2, 0) is 19.6 Å². The van der Waals surface area contributed by atoms with E-state index >= 15 is 0 Å². The van der Waals surface area contributed by atoms with Gasteiger partial charge in [0.15, 0.2) is 0 Å². The summed E-state index contributed by atoms with van der Waals surface area (Å²) >= 11 is 0. The fraction of sp³-hybridized carbons (Fsp3) is 0.333. The van der Waals surface area contributed by atoms with Gasteiger partial charge in [0.1, 0.15) is 5.76 Å². The van der Waals surface area contributed by atoms with E-state index in [9.17, 15) is 0 Å². The Hall–Kier alpha value is -1.58. The van der Waals surface area contributed by atoms with E-state index in [1.807, 2.05) is 19.2 Å². The first-order chi connectivity index (χ1) is 8.79. The molecular formula is C15H20N2O. The average Bonchev–Trinajstić information content (AvgIpc) is 2.78. The first-order valence-corrected chi connectivity index (χ1v) is 6.22. The largest absolute Gasteiger partial charge is 0.468 e. The van der Waals surface area contributed by atoms with Gasteiger partial charge in [-0.3, -0.25) is 4.90 Å². The zero-order chi connectivity index (χ0) is 12.8. The number of hydrogen-bond acceptors (Lipinski definition) is 3. The lowest BCUT2D eigenvalue weighted by Gasteiger charge is -2.16. The van der Waals surface area contributed by atoms with Gasteiger partial charge in [-0.2, -0.15) is 0 Å². The van der Waals surface area contributed by atoms with E-state index in [-0.39, 0.29) is 0 Å². The van der Waals surface area contributed by atoms with Crippen molar-refractivity contribution in [1.82, 2.24) is 10.2 Å². The normalized spacial score (nSPS) is 11.1. The highest BCUT2D eigenvalue weighted by Crippen LogP contribution is 2.14. The van der Waals surface area contributed by atoms with E-state index in [4.69, 9.17) is 4.42 Å². The van der Waals surface area contributed by atoms with Gasteiger partial charge in [-0.15, -0.1) is 0 Å². The predicted octanol–water partition coefficient (Wildman–Crippen LogP) is 2.63. The molecule has 0 spiro atoms. The Balaban J connectivity index is 1.94. The van der Waals surface area contributed by atoms with Crippen molar-refractivity contribution in [1.29, 1.82) is 0 Å². The van der Waals surface area contributed by atoms with Crippen LogP contribution in [0.1, 0.15) is 16.9 Å². The maximum atomic E-state index is 5.54. The molecule has 1 aromatic carbocycles. The van der Waals surface area contributed by atoms with Crippen LogP contribution < -0.4 is 5.32 Å². The van der Waals surface area contributed by atoms with Crippen molar-refractivity contribution in [3.8, 4) is 0 Å². The summed E-state index contributed by atoms with van der Waals surface area (Å²) in [6.07, 6.45) is 1.76. The standard InChI is InChI=1S/C15H20N2O/c1-16-10-14-8-9-18-15(14)12-17(2)11-13-6-4-3-5-7-13/h3-9,16H,10-12H2,1-2H3. The molecule has 0 saturated heterocycles. The number of rotatable bonds is 6. The first kappa shape index (κ1) is 12.9. The molecule has 0 aliphatic heterocycles. The van der Waals surface area contributed by atoms with Crippen LogP contribution in [0.15, 0.2) is 47.1 Å². The third kappa shape index (κ3) is 3.45. The summed E-state index contributed by atoms with van der Waals surface area (Å²) < 4.78 is 5.54. The van der Waals surface area contributed by atoms with Crippen LogP contribution in [0, 0.1) is 0 Å². The Bertz CT molecular complexity index is 464. The molecule has 0 saturated carbocycles. The third-order valence-electron chi connectivity index (χ3n) is 2.91. The molecule has 0 aliphatic carbocycles. The number of benzene rings is 1. The summed E-state index contributed by atoms with van der Waals surface area (Å²) in [5.41, 5.74) is 2.55. The first-order valence-electron chi connectivity index (χ1n) is 6.22. The lowest BCUT2D eigenvalue weighted by Crippen LogP contribution is -2.18. The minimum Gasteiger partial charge on any atom is -0.468 e. The SMILES string of the molecule is CNCc1ccoc1CN(C)Cc1ccccc1. The van der Waals surface area contributed by atoms with E-state index in [0.29, 0.717) is 0 Å². The molecule has 1 N–H and O–H groups in total. The molecule has 18 heavy (non-hydrogen) atoms. The van der Waals surface area contributed by atoms with Crippen molar-refractivity contribution in [2.45, 2.75) is 19.6 Å². The molecule has 0 atom stereocenters. The third-order valence-corrected chi connectivity index (χ3v) is 2.91.